The molecular weight excluding hydrogens is 200 g/mol. The van der Waals surface area contributed by atoms with Crippen LogP contribution in [0.2, 0.25) is 0 Å². The highest BCUT2D eigenvalue weighted by atomic mass is 32.2. The summed E-state index contributed by atoms with van der Waals surface area (Å²) in [5, 5.41) is 3.28. The lowest BCUT2D eigenvalue weighted by Crippen LogP contribution is -2.34. The van der Waals surface area contributed by atoms with Crippen molar-refractivity contribution in [3.8, 4) is 0 Å². The molecule has 0 amide bonds. The molecule has 0 radical (unpaired) electrons. The van der Waals surface area contributed by atoms with Gasteiger partial charge in [-0.2, -0.15) is 0 Å². The summed E-state index contributed by atoms with van der Waals surface area (Å²) in [5.41, 5.74) is 0. The summed E-state index contributed by atoms with van der Waals surface area (Å²) in [6.45, 7) is 3.78. The molecule has 0 spiro atoms. The molecule has 5 heteroatoms. The highest BCUT2D eigenvalue weighted by Gasteiger charge is 2.25. The minimum absolute atomic E-state index is 0.238. The first-order chi connectivity index (χ1) is 6.38. The van der Waals surface area contributed by atoms with Gasteiger partial charge in [0.2, 0.25) is 0 Å². The van der Waals surface area contributed by atoms with Gasteiger partial charge < -0.3 is 10.2 Å². The first-order valence-electron chi connectivity index (χ1n) is 5.00. The predicted octanol–water partition coefficient (Wildman–Crippen LogP) is -0.287. The summed E-state index contributed by atoms with van der Waals surface area (Å²) >= 11 is 0. The monoisotopic (exact) mass is 220 g/mol. The van der Waals surface area contributed by atoms with E-state index in [0.29, 0.717) is 18.6 Å². The molecule has 1 rings (SSSR count). The minimum Gasteiger partial charge on any atom is -0.312 e. The summed E-state index contributed by atoms with van der Waals surface area (Å²) in [6, 6.07) is 1.06. The number of likely N-dealkylation sites (N-methyl/N-ethyl adjacent to an activating group) is 1. The van der Waals surface area contributed by atoms with Gasteiger partial charge >= 0.3 is 0 Å². The van der Waals surface area contributed by atoms with Crippen molar-refractivity contribution in [2.75, 3.05) is 32.1 Å². The topological polar surface area (TPSA) is 49.4 Å². The van der Waals surface area contributed by atoms with Crippen molar-refractivity contribution in [2.24, 2.45) is 0 Å². The molecule has 1 saturated heterocycles. The van der Waals surface area contributed by atoms with Crippen molar-refractivity contribution < 1.29 is 8.42 Å². The average Bonchev–Trinajstić information content (AvgIpc) is 2.28. The average molecular weight is 220 g/mol. The van der Waals surface area contributed by atoms with E-state index in [1.807, 2.05) is 0 Å². The molecule has 1 aliphatic rings. The van der Waals surface area contributed by atoms with E-state index in [1.54, 1.807) is 0 Å². The lowest BCUT2D eigenvalue weighted by molar-refractivity contribution is 0.327. The van der Waals surface area contributed by atoms with E-state index in [0.717, 1.165) is 13.0 Å². The Morgan fingerprint density at radius 3 is 2.57 bits per heavy atom. The second-order valence-electron chi connectivity index (χ2n) is 4.31. The van der Waals surface area contributed by atoms with E-state index < -0.39 is 9.84 Å². The Balaban J connectivity index is 2.21. The van der Waals surface area contributed by atoms with Crippen molar-refractivity contribution >= 4 is 9.84 Å². The van der Waals surface area contributed by atoms with Crippen LogP contribution in [0.5, 0.6) is 0 Å². The van der Waals surface area contributed by atoms with Gasteiger partial charge in [0.05, 0.1) is 5.75 Å². The number of sulfone groups is 1. The van der Waals surface area contributed by atoms with Crippen LogP contribution in [-0.4, -0.2) is 57.5 Å². The van der Waals surface area contributed by atoms with Crippen molar-refractivity contribution in [3.05, 3.63) is 0 Å². The van der Waals surface area contributed by atoms with Crippen LogP contribution < -0.4 is 5.32 Å². The minimum atomic E-state index is -2.82. The Morgan fingerprint density at radius 2 is 2.14 bits per heavy atom. The summed E-state index contributed by atoms with van der Waals surface area (Å²) in [4.78, 5) is 2.29. The van der Waals surface area contributed by atoms with Crippen LogP contribution in [0.3, 0.4) is 0 Å². The second kappa shape index (κ2) is 4.59. The fraction of sp³-hybridized carbons (Fsp3) is 1.00. The summed E-state index contributed by atoms with van der Waals surface area (Å²) in [7, 11) is -0.719. The molecule has 1 fully saturated rings. The summed E-state index contributed by atoms with van der Waals surface area (Å²) in [5.74, 6) is 0.238. The highest BCUT2D eigenvalue weighted by molar-refractivity contribution is 7.90. The van der Waals surface area contributed by atoms with Crippen LogP contribution in [-0.2, 0) is 9.84 Å². The van der Waals surface area contributed by atoms with Crippen molar-refractivity contribution in [1.82, 2.24) is 10.2 Å². The number of nitrogens with zero attached hydrogens (tertiary/aromatic N) is 1. The van der Waals surface area contributed by atoms with Gasteiger partial charge in [-0.3, -0.25) is 0 Å². The van der Waals surface area contributed by atoms with Crippen LogP contribution in [0.4, 0.5) is 0 Å². The molecule has 0 bridgehead atoms. The first kappa shape index (κ1) is 11.9. The molecule has 1 aliphatic heterocycles. The number of rotatable bonds is 4. The zero-order valence-electron chi connectivity index (χ0n) is 9.16. The van der Waals surface area contributed by atoms with Crippen molar-refractivity contribution in [3.63, 3.8) is 0 Å². The van der Waals surface area contributed by atoms with Crippen LogP contribution in [0.1, 0.15) is 13.3 Å². The Kier molecular flexibility index (Phi) is 3.92. The van der Waals surface area contributed by atoms with Gasteiger partial charge in [-0.1, -0.05) is 0 Å². The molecule has 2 unspecified atom stereocenters. The molecule has 4 nitrogen and oxygen atoms in total. The SMILES string of the molecule is CC1CC(NCCS(C)(=O)=O)CN1C. The maximum absolute atomic E-state index is 10.9. The first-order valence-corrected chi connectivity index (χ1v) is 7.06. The smallest absolute Gasteiger partial charge is 0.148 e. The van der Waals surface area contributed by atoms with Gasteiger partial charge in [0.1, 0.15) is 9.84 Å². The third-order valence-electron chi connectivity index (χ3n) is 2.79. The molecule has 0 aromatic carbocycles. The normalized spacial score (nSPS) is 29.6. The molecule has 2 atom stereocenters. The largest absolute Gasteiger partial charge is 0.312 e. The third-order valence-corrected chi connectivity index (χ3v) is 3.74. The molecule has 14 heavy (non-hydrogen) atoms. The van der Waals surface area contributed by atoms with E-state index in [9.17, 15) is 8.42 Å². The van der Waals surface area contributed by atoms with Crippen molar-refractivity contribution in [1.29, 1.82) is 0 Å². The van der Waals surface area contributed by atoms with Gasteiger partial charge in [0.15, 0.2) is 0 Å². The zero-order valence-corrected chi connectivity index (χ0v) is 9.97. The Labute approximate surface area is 86.6 Å². The molecule has 0 saturated carbocycles. The number of hydrogen-bond donors (Lipinski definition) is 1. The standard InChI is InChI=1S/C9H20N2O2S/c1-8-6-9(7-11(8)2)10-4-5-14(3,12)13/h8-10H,4-7H2,1-3H3. The number of nitrogens with one attached hydrogen (secondary N) is 1. The van der Waals surface area contributed by atoms with Gasteiger partial charge in [-0.25, -0.2) is 8.42 Å². The fourth-order valence-electron chi connectivity index (χ4n) is 1.79. The lowest BCUT2D eigenvalue weighted by atomic mass is 10.2. The molecule has 0 aromatic rings. The molecule has 0 aromatic heterocycles. The van der Waals surface area contributed by atoms with Crippen LogP contribution in [0.25, 0.3) is 0 Å². The third kappa shape index (κ3) is 3.94. The predicted molar refractivity (Wildman–Crippen MR) is 58.2 cm³/mol. The van der Waals surface area contributed by atoms with Gasteiger partial charge in [0.25, 0.3) is 0 Å². The van der Waals surface area contributed by atoms with Crippen LogP contribution in [0, 0.1) is 0 Å². The van der Waals surface area contributed by atoms with E-state index >= 15 is 0 Å². The van der Waals surface area contributed by atoms with Crippen molar-refractivity contribution in [2.45, 2.75) is 25.4 Å². The van der Waals surface area contributed by atoms with Gasteiger partial charge in [-0.15, -0.1) is 0 Å². The van der Waals surface area contributed by atoms with Gasteiger partial charge in [-0.05, 0) is 20.4 Å². The summed E-state index contributed by atoms with van der Waals surface area (Å²) in [6.07, 6.45) is 2.39. The number of likely N-dealkylation sites (tertiary alicyclic amines) is 1. The molecule has 84 valence electrons. The highest BCUT2D eigenvalue weighted by Crippen LogP contribution is 2.14. The zero-order chi connectivity index (χ0) is 10.8. The summed E-state index contributed by atoms with van der Waals surface area (Å²) < 4.78 is 21.8. The molecule has 1 N–H and O–H groups in total. The van der Waals surface area contributed by atoms with Crippen LogP contribution >= 0.6 is 0 Å². The Bertz CT molecular complexity index is 267. The molecule has 0 aliphatic carbocycles. The van der Waals surface area contributed by atoms with E-state index in [2.05, 4.69) is 24.2 Å². The lowest BCUT2D eigenvalue weighted by Gasteiger charge is -2.13. The van der Waals surface area contributed by atoms with E-state index in [1.165, 1.54) is 6.26 Å². The second-order valence-corrected chi connectivity index (χ2v) is 6.56. The molecular formula is C9H20N2O2S. The Hall–Kier alpha value is -0.130. The van der Waals surface area contributed by atoms with Crippen LogP contribution in [0.15, 0.2) is 0 Å². The quantitative estimate of drug-likeness (QED) is 0.707. The van der Waals surface area contributed by atoms with Gasteiger partial charge in [0, 0.05) is 31.4 Å². The number of hydrogen-bond acceptors (Lipinski definition) is 4. The fourth-order valence-corrected chi connectivity index (χ4v) is 2.28. The van der Waals surface area contributed by atoms with E-state index in [-0.39, 0.29) is 5.75 Å². The maximum atomic E-state index is 10.9. The Morgan fingerprint density at radius 1 is 1.50 bits per heavy atom. The maximum Gasteiger partial charge on any atom is 0.148 e. The molecule has 1 heterocycles. The van der Waals surface area contributed by atoms with E-state index in [4.69, 9.17) is 0 Å².